The zero-order valence-electron chi connectivity index (χ0n) is 10.2. The number of halogens is 1. The number of nitrogens with one attached hydrogen (secondary N) is 3. The Morgan fingerprint density at radius 2 is 2.44 bits per heavy atom. The molecule has 0 aromatic carbocycles. The van der Waals surface area contributed by atoms with E-state index in [-0.39, 0.29) is 18.3 Å². The van der Waals surface area contributed by atoms with Gasteiger partial charge in [0.2, 0.25) is 11.1 Å². The standard InChI is InChI=1S/C10H17N5OS.ClH/c1-7-13-10(15-14-7)17-6-9(16)12-5-8-3-2-4-11-8;/h8,11H,2-6H2,1H3,(H,12,16)(H,13,14,15);1H/t8-;/m1./s1. The number of carbonyl (C=O) groups is 1. The lowest BCUT2D eigenvalue weighted by Crippen LogP contribution is -2.37. The summed E-state index contributed by atoms with van der Waals surface area (Å²) < 4.78 is 0. The molecule has 6 nitrogen and oxygen atoms in total. The number of aromatic nitrogens is 3. The van der Waals surface area contributed by atoms with Crippen LogP contribution in [0.4, 0.5) is 0 Å². The van der Waals surface area contributed by atoms with Crippen molar-refractivity contribution in [2.24, 2.45) is 0 Å². The summed E-state index contributed by atoms with van der Waals surface area (Å²) in [6.45, 7) is 3.61. The highest BCUT2D eigenvalue weighted by Crippen LogP contribution is 2.11. The van der Waals surface area contributed by atoms with Gasteiger partial charge in [-0.2, -0.15) is 0 Å². The van der Waals surface area contributed by atoms with E-state index >= 15 is 0 Å². The van der Waals surface area contributed by atoms with Gasteiger partial charge in [0.15, 0.2) is 0 Å². The average Bonchev–Trinajstić information content (AvgIpc) is 2.95. The van der Waals surface area contributed by atoms with Crippen LogP contribution in [-0.4, -0.2) is 46.0 Å². The molecule has 0 unspecified atom stereocenters. The average molecular weight is 292 g/mol. The molecule has 0 aliphatic carbocycles. The highest BCUT2D eigenvalue weighted by molar-refractivity contribution is 7.99. The summed E-state index contributed by atoms with van der Waals surface area (Å²) in [4.78, 5) is 15.7. The number of rotatable bonds is 5. The molecule has 0 spiro atoms. The predicted molar refractivity (Wildman–Crippen MR) is 73.1 cm³/mol. The van der Waals surface area contributed by atoms with Crippen molar-refractivity contribution in [1.29, 1.82) is 0 Å². The van der Waals surface area contributed by atoms with Gasteiger partial charge in [0, 0.05) is 12.6 Å². The monoisotopic (exact) mass is 291 g/mol. The molecule has 0 radical (unpaired) electrons. The van der Waals surface area contributed by atoms with Crippen molar-refractivity contribution in [2.45, 2.75) is 31.0 Å². The van der Waals surface area contributed by atoms with Gasteiger partial charge in [-0.25, -0.2) is 4.98 Å². The fourth-order valence-corrected chi connectivity index (χ4v) is 2.41. The van der Waals surface area contributed by atoms with Crippen LogP contribution < -0.4 is 10.6 Å². The Hall–Kier alpha value is -0.790. The van der Waals surface area contributed by atoms with Crippen LogP contribution in [0.5, 0.6) is 0 Å². The molecule has 2 heterocycles. The number of carbonyl (C=O) groups excluding carboxylic acids is 1. The number of H-pyrrole nitrogens is 1. The van der Waals surface area contributed by atoms with Gasteiger partial charge in [0.1, 0.15) is 5.82 Å². The van der Waals surface area contributed by atoms with Crippen molar-refractivity contribution in [3.05, 3.63) is 5.82 Å². The molecule has 3 N–H and O–H groups in total. The Kier molecular flexibility index (Phi) is 6.45. The van der Waals surface area contributed by atoms with Crippen molar-refractivity contribution >= 4 is 30.1 Å². The van der Waals surface area contributed by atoms with Crippen LogP contribution in [0.2, 0.25) is 0 Å². The van der Waals surface area contributed by atoms with Gasteiger partial charge < -0.3 is 10.6 Å². The molecule has 1 atom stereocenters. The Morgan fingerprint density at radius 3 is 3.06 bits per heavy atom. The Bertz CT molecular complexity index is 380. The van der Waals surface area contributed by atoms with Gasteiger partial charge in [0.25, 0.3) is 0 Å². The summed E-state index contributed by atoms with van der Waals surface area (Å²) in [6.07, 6.45) is 2.35. The van der Waals surface area contributed by atoms with E-state index in [1.165, 1.54) is 18.2 Å². The largest absolute Gasteiger partial charge is 0.354 e. The Labute approximate surface area is 116 Å². The number of aromatic amines is 1. The molecule has 2 rings (SSSR count). The van der Waals surface area contributed by atoms with Crippen LogP contribution >= 0.6 is 24.2 Å². The molecule has 1 amide bonds. The first kappa shape index (κ1) is 15.3. The third-order valence-corrected chi connectivity index (χ3v) is 3.46. The maximum atomic E-state index is 11.6. The van der Waals surface area contributed by atoms with Crippen LogP contribution in [0.1, 0.15) is 18.7 Å². The minimum absolute atomic E-state index is 0. The van der Waals surface area contributed by atoms with E-state index < -0.39 is 0 Å². The molecular weight excluding hydrogens is 274 g/mol. The number of hydrogen-bond acceptors (Lipinski definition) is 5. The van der Waals surface area contributed by atoms with Crippen LogP contribution in [0.15, 0.2) is 5.16 Å². The van der Waals surface area contributed by atoms with E-state index in [9.17, 15) is 4.79 Å². The topological polar surface area (TPSA) is 82.7 Å². The summed E-state index contributed by atoms with van der Waals surface area (Å²) in [5.41, 5.74) is 0. The summed E-state index contributed by atoms with van der Waals surface area (Å²) in [7, 11) is 0. The third kappa shape index (κ3) is 4.83. The molecule has 1 aliphatic heterocycles. The van der Waals surface area contributed by atoms with Gasteiger partial charge in [-0.3, -0.25) is 9.89 Å². The number of thioether (sulfide) groups is 1. The van der Waals surface area contributed by atoms with Gasteiger partial charge >= 0.3 is 0 Å². The third-order valence-electron chi connectivity index (χ3n) is 2.62. The molecular formula is C10H18ClN5OS. The highest BCUT2D eigenvalue weighted by atomic mass is 35.5. The van der Waals surface area contributed by atoms with Crippen LogP contribution in [0, 0.1) is 6.92 Å². The molecule has 18 heavy (non-hydrogen) atoms. The lowest BCUT2D eigenvalue weighted by molar-refractivity contribution is -0.118. The van der Waals surface area contributed by atoms with E-state index in [1.54, 1.807) is 0 Å². The quantitative estimate of drug-likeness (QED) is 0.688. The number of amides is 1. The van der Waals surface area contributed by atoms with Crippen LogP contribution in [0.25, 0.3) is 0 Å². The first-order valence-corrected chi connectivity index (χ1v) is 6.74. The molecule has 0 bridgehead atoms. The van der Waals surface area contributed by atoms with E-state index in [0.717, 1.165) is 18.8 Å². The van der Waals surface area contributed by atoms with E-state index in [4.69, 9.17) is 0 Å². The minimum atomic E-state index is 0. The van der Waals surface area contributed by atoms with Gasteiger partial charge in [-0.1, -0.05) is 11.8 Å². The SMILES string of the molecule is Cc1nc(SCC(=O)NC[C@H]2CCCN2)n[nH]1.Cl. The fraction of sp³-hybridized carbons (Fsp3) is 0.700. The molecule has 8 heteroatoms. The first-order valence-electron chi connectivity index (χ1n) is 5.76. The van der Waals surface area contributed by atoms with Gasteiger partial charge in [-0.05, 0) is 26.3 Å². The number of aryl methyl sites for hydroxylation is 1. The minimum Gasteiger partial charge on any atom is -0.354 e. The molecule has 0 saturated carbocycles. The molecule has 102 valence electrons. The Morgan fingerprint density at radius 1 is 1.61 bits per heavy atom. The van der Waals surface area contributed by atoms with E-state index in [0.29, 0.717) is 23.5 Å². The van der Waals surface area contributed by atoms with Crippen molar-refractivity contribution in [1.82, 2.24) is 25.8 Å². The fourth-order valence-electron chi connectivity index (χ4n) is 1.74. The lowest BCUT2D eigenvalue weighted by Gasteiger charge is -2.10. The first-order chi connectivity index (χ1) is 8.24. The van der Waals surface area contributed by atoms with Crippen molar-refractivity contribution in [3.8, 4) is 0 Å². The van der Waals surface area contributed by atoms with Gasteiger partial charge in [-0.15, -0.1) is 17.5 Å². The van der Waals surface area contributed by atoms with E-state index in [2.05, 4.69) is 25.8 Å². The number of nitrogens with zero attached hydrogens (tertiary/aromatic N) is 2. The van der Waals surface area contributed by atoms with Crippen molar-refractivity contribution in [3.63, 3.8) is 0 Å². The maximum absolute atomic E-state index is 11.6. The second kappa shape index (κ2) is 7.60. The predicted octanol–water partition coefficient (Wildman–Crippen LogP) is 0.495. The lowest BCUT2D eigenvalue weighted by atomic mass is 10.2. The Balaban J connectivity index is 0.00000162. The smallest absolute Gasteiger partial charge is 0.230 e. The van der Waals surface area contributed by atoms with Crippen molar-refractivity contribution in [2.75, 3.05) is 18.8 Å². The molecule has 1 aliphatic rings. The summed E-state index contributed by atoms with van der Waals surface area (Å²) in [5, 5.41) is 13.6. The second-order valence-corrected chi connectivity index (χ2v) is 5.03. The maximum Gasteiger partial charge on any atom is 0.230 e. The van der Waals surface area contributed by atoms with E-state index in [1.807, 2.05) is 6.92 Å². The molecule has 1 aromatic rings. The molecule has 1 fully saturated rings. The molecule has 1 saturated heterocycles. The second-order valence-electron chi connectivity index (χ2n) is 4.09. The number of hydrogen-bond donors (Lipinski definition) is 3. The summed E-state index contributed by atoms with van der Waals surface area (Å²) >= 11 is 1.35. The molecule has 1 aromatic heterocycles. The zero-order chi connectivity index (χ0) is 12.1. The van der Waals surface area contributed by atoms with Gasteiger partial charge in [0.05, 0.1) is 5.75 Å². The summed E-state index contributed by atoms with van der Waals surface area (Å²) in [6, 6.07) is 0.440. The van der Waals surface area contributed by atoms with Crippen LogP contribution in [0.3, 0.4) is 0 Å². The van der Waals surface area contributed by atoms with Crippen molar-refractivity contribution < 1.29 is 4.79 Å². The normalized spacial score (nSPS) is 18.4. The zero-order valence-corrected chi connectivity index (χ0v) is 11.9. The van der Waals surface area contributed by atoms with Crippen LogP contribution in [-0.2, 0) is 4.79 Å². The highest BCUT2D eigenvalue weighted by Gasteiger charge is 2.14. The summed E-state index contributed by atoms with van der Waals surface area (Å²) in [5.74, 6) is 1.17.